The molecular formula is C11H22N2. The Morgan fingerprint density at radius 3 is 2.69 bits per heavy atom. The summed E-state index contributed by atoms with van der Waals surface area (Å²) in [6, 6.07) is 1.68. The number of hydrogen-bond acceptors (Lipinski definition) is 2. The van der Waals surface area contributed by atoms with Gasteiger partial charge in [0.15, 0.2) is 0 Å². The van der Waals surface area contributed by atoms with Gasteiger partial charge in [-0.1, -0.05) is 6.92 Å². The average Bonchev–Trinajstić information content (AvgIpc) is 2.13. The second-order valence-electron chi connectivity index (χ2n) is 4.85. The van der Waals surface area contributed by atoms with Gasteiger partial charge in [-0.05, 0) is 45.2 Å². The van der Waals surface area contributed by atoms with Gasteiger partial charge >= 0.3 is 0 Å². The third-order valence-electron chi connectivity index (χ3n) is 3.73. The van der Waals surface area contributed by atoms with E-state index in [4.69, 9.17) is 0 Å². The number of hydrogen-bond donors (Lipinski definition) is 1. The van der Waals surface area contributed by atoms with Crippen LogP contribution in [0.5, 0.6) is 0 Å². The Morgan fingerprint density at radius 1 is 1.31 bits per heavy atom. The van der Waals surface area contributed by atoms with Crippen molar-refractivity contribution in [1.82, 2.24) is 10.2 Å². The molecule has 1 saturated carbocycles. The topological polar surface area (TPSA) is 15.3 Å². The molecule has 0 aromatic carbocycles. The first-order chi connectivity index (χ1) is 6.29. The maximum absolute atomic E-state index is 3.41. The molecule has 0 radical (unpaired) electrons. The van der Waals surface area contributed by atoms with Crippen LogP contribution in [0.4, 0.5) is 0 Å². The van der Waals surface area contributed by atoms with Crippen molar-refractivity contribution in [2.75, 3.05) is 20.1 Å². The highest BCUT2D eigenvalue weighted by Gasteiger charge is 2.32. The zero-order chi connectivity index (χ0) is 9.26. The van der Waals surface area contributed by atoms with E-state index >= 15 is 0 Å². The van der Waals surface area contributed by atoms with Crippen molar-refractivity contribution in [2.45, 2.75) is 44.7 Å². The standard InChI is InChI=1S/C11H22N2/c1-9-6-11(7-9)13-5-3-4-10(8-13)12-2/h9-12H,3-8H2,1-2H3. The van der Waals surface area contributed by atoms with Gasteiger partial charge < -0.3 is 5.32 Å². The van der Waals surface area contributed by atoms with Crippen LogP contribution in [0.25, 0.3) is 0 Å². The molecule has 1 saturated heterocycles. The lowest BCUT2D eigenvalue weighted by Crippen LogP contribution is -2.52. The molecule has 0 amide bonds. The van der Waals surface area contributed by atoms with Crippen molar-refractivity contribution >= 4 is 0 Å². The molecule has 0 bridgehead atoms. The SMILES string of the molecule is CNC1CCCN(C2CC(C)C2)C1. The summed E-state index contributed by atoms with van der Waals surface area (Å²) in [5.74, 6) is 0.986. The van der Waals surface area contributed by atoms with Crippen LogP contribution in [0.15, 0.2) is 0 Å². The smallest absolute Gasteiger partial charge is 0.0192 e. The number of nitrogens with one attached hydrogen (secondary N) is 1. The fourth-order valence-electron chi connectivity index (χ4n) is 2.73. The molecule has 1 unspecified atom stereocenters. The van der Waals surface area contributed by atoms with Gasteiger partial charge in [0.05, 0.1) is 0 Å². The molecule has 0 spiro atoms. The minimum atomic E-state index is 0.754. The lowest BCUT2D eigenvalue weighted by molar-refractivity contribution is 0.0579. The highest BCUT2D eigenvalue weighted by molar-refractivity contribution is 4.89. The summed E-state index contributed by atoms with van der Waals surface area (Å²) in [6.07, 6.45) is 5.64. The first-order valence-electron chi connectivity index (χ1n) is 5.71. The quantitative estimate of drug-likeness (QED) is 0.695. The molecule has 1 aliphatic heterocycles. The van der Waals surface area contributed by atoms with Crippen molar-refractivity contribution in [3.8, 4) is 0 Å². The van der Waals surface area contributed by atoms with Crippen molar-refractivity contribution in [2.24, 2.45) is 5.92 Å². The molecular weight excluding hydrogens is 160 g/mol. The van der Waals surface area contributed by atoms with Gasteiger partial charge in [-0.15, -0.1) is 0 Å². The predicted octanol–water partition coefficient (Wildman–Crippen LogP) is 1.47. The van der Waals surface area contributed by atoms with E-state index in [0.717, 1.165) is 18.0 Å². The van der Waals surface area contributed by atoms with E-state index in [0.29, 0.717) is 0 Å². The van der Waals surface area contributed by atoms with E-state index in [1.807, 2.05) is 0 Å². The normalized spacial score (nSPS) is 41.5. The van der Waals surface area contributed by atoms with E-state index < -0.39 is 0 Å². The van der Waals surface area contributed by atoms with Crippen LogP contribution in [0.2, 0.25) is 0 Å². The van der Waals surface area contributed by atoms with E-state index in [1.54, 1.807) is 0 Å². The van der Waals surface area contributed by atoms with Crippen LogP contribution in [-0.4, -0.2) is 37.1 Å². The molecule has 2 aliphatic rings. The Labute approximate surface area is 81.7 Å². The van der Waals surface area contributed by atoms with Crippen molar-refractivity contribution in [3.63, 3.8) is 0 Å². The lowest BCUT2D eigenvalue weighted by atomic mass is 9.80. The second-order valence-corrected chi connectivity index (χ2v) is 4.85. The Bertz CT molecular complexity index is 163. The lowest BCUT2D eigenvalue weighted by Gasteiger charge is -2.45. The number of likely N-dealkylation sites (N-methyl/N-ethyl adjacent to an activating group) is 1. The van der Waals surface area contributed by atoms with Crippen molar-refractivity contribution in [3.05, 3.63) is 0 Å². The van der Waals surface area contributed by atoms with Crippen LogP contribution in [0.3, 0.4) is 0 Å². The highest BCUT2D eigenvalue weighted by atomic mass is 15.2. The van der Waals surface area contributed by atoms with Gasteiger partial charge in [-0.3, -0.25) is 4.90 Å². The Morgan fingerprint density at radius 2 is 2.08 bits per heavy atom. The minimum Gasteiger partial charge on any atom is -0.316 e. The van der Waals surface area contributed by atoms with E-state index in [1.165, 1.54) is 38.8 Å². The summed E-state index contributed by atoms with van der Waals surface area (Å²) in [4.78, 5) is 2.70. The van der Waals surface area contributed by atoms with Crippen LogP contribution >= 0.6 is 0 Å². The van der Waals surface area contributed by atoms with E-state index in [-0.39, 0.29) is 0 Å². The predicted molar refractivity (Wildman–Crippen MR) is 55.8 cm³/mol. The first-order valence-corrected chi connectivity index (χ1v) is 5.71. The maximum Gasteiger partial charge on any atom is 0.0192 e. The van der Waals surface area contributed by atoms with Crippen LogP contribution in [0, 0.1) is 5.92 Å². The molecule has 1 heterocycles. The van der Waals surface area contributed by atoms with Gasteiger partial charge in [-0.25, -0.2) is 0 Å². The largest absolute Gasteiger partial charge is 0.316 e. The molecule has 0 aromatic rings. The molecule has 2 rings (SSSR count). The second kappa shape index (κ2) is 3.97. The molecule has 76 valence electrons. The maximum atomic E-state index is 3.41. The van der Waals surface area contributed by atoms with Crippen molar-refractivity contribution < 1.29 is 0 Å². The molecule has 13 heavy (non-hydrogen) atoms. The van der Waals surface area contributed by atoms with Gasteiger partial charge in [0.1, 0.15) is 0 Å². The van der Waals surface area contributed by atoms with Crippen LogP contribution in [0.1, 0.15) is 32.6 Å². The third kappa shape index (κ3) is 2.05. The fourth-order valence-corrected chi connectivity index (χ4v) is 2.73. The third-order valence-corrected chi connectivity index (χ3v) is 3.73. The highest BCUT2D eigenvalue weighted by Crippen LogP contribution is 2.32. The number of piperidine rings is 1. The minimum absolute atomic E-state index is 0.754. The van der Waals surface area contributed by atoms with Gasteiger partial charge in [-0.2, -0.15) is 0 Å². The Balaban J connectivity index is 1.79. The zero-order valence-corrected chi connectivity index (χ0v) is 8.92. The van der Waals surface area contributed by atoms with Gasteiger partial charge in [0.25, 0.3) is 0 Å². The average molecular weight is 182 g/mol. The summed E-state index contributed by atoms with van der Waals surface area (Å²) >= 11 is 0. The van der Waals surface area contributed by atoms with Gasteiger partial charge in [0, 0.05) is 18.6 Å². The summed E-state index contributed by atoms with van der Waals surface area (Å²) < 4.78 is 0. The van der Waals surface area contributed by atoms with E-state index in [9.17, 15) is 0 Å². The summed E-state index contributed by atoms with van der Waals surface area (Å²) in [6.45, 7) is 5.00. The molecule has 0 aromatic heterocycles. The van der Waals surface area contributed by atoms with Crippen LogP contribution < -0.4 is 5.32 Å². The first kappa shape index (κ1) is 9.47. The molecule has 1 aliphatic carbocycles. The zero-order valence-electron chi connectivity index (χ0n) is 8.92. The van der Waals surface area contributed by atoms with Gasteiger partial charge in [0.2, 0.25) is 0 Å². The van der Waals surface area contributed by atoms with E-state index in [2.05, 4.69) is 24.2 Å². The fraction of sp³-hybridized carbons (Fsp3) is 1.00. The molecule has 2 heteroatoms. The number of rotatable bonds is 2. The Hall–Kier alpha value is -0.0800. The molecule has 1 atom stereocenters. The number of likely N-dealkylation sites (tertiary alicyclic amines) is 1. The summed E-state index contributed by atoms with van der Waals surface area (Å²) in [5.41, 5.74) is 0. The molecule has 2 nitrogen and oxygen atoms in total. The van der Waals surface area contributed by atoms with Crippen molar-refractivity contribution in [1.29, 1.82) is 0 Å². The number of nitrogens with zero attached hydrogens (tertiary/aromatic N) is 1. The van der Waals surface area contributed by atoms with Crippen LogP contribution in [-0.2, 0) is 0 Å². The molecule has 1 N–H and O–H groups in total. The monoisotopic (exact) mass is 182 g/mol. The summed E-state index contributed by atoms with van der Waals surface area (Å²) in [7, 11) is 2.09. The molecule has 2 fully saturated rings. The summed E-state index contributed by atoms with van der Waals surface area (Å²) in [5, 5.41) is 3.41. The Kier molecular flexibility index (Phi) is 2.89.